The third kappa shape index (κ3) is 5.24. The number of rotatable bonds is 9. The molecule has 162 valence electrons. The molecular weight excluding hydrogens is 402 g/mol. The SMILES string of the molecule is CCOC(=O)c1sc(N=Nc2ccc(N(CC)CC)cc2C)c(C(=O)OCC)c1C. The number of carbonyl (C=O) groups excluding carboxylic acids is 2. The standard InChI is InChI=1S/C22H29N3O4S/c1-7-25(8-2)16-11-12-17(14(5)13-16)23-24-20-18(21(26)28-9-3)15(6)19(30-20)22(27)29-10-4/h11-13H,7-10H2,1-6H3. The fraction of sp³-hybridized carbons (Fsp3) is 0.455. The Morgan fingerprint density at radius 3 is 2.17 bits per heavy atom. The first-order valence-electron chi connectivity index (χ1n) is 10.1. The van der Waals surface area contributed by atoms with Gasteiger partial charge in [-0.1, -0.05) is 0 Å². The summed E-state index contributed by atoms with van der Waals surface area (Å²) in [4.78, 5) is 27.3. The lowest BCUT2D eigenvalue weighted by Crippen LogP contribution is -2.21. The molecule has 0 amide bonds. The summed E-state index contributed by atoms with van der Waals surface area (Å²) < 4.78 is 10.3. The molecule has 0 N–H and O–H groups in total. The van der Waals surface area contributed by atoms with Crippen LogP contribution >= 0.6 is 11.3 Å². The topological polar surface area (TPSA) is 80.6 Å². The third-order valence-corrected chi connectivity index (χ3v) is 5.78. The normalized spacial score (nSPS) is 11.0. The van der Waals surface area contributed by atoms with E-state index in [9.17, 15) is 9.59 Å². The smallest absolute Gasteiger partial charge is 0.348 e. The highest BCUT2D eigenvalue weighted by atomic mass is 32.1. The van der Waals surface area contributed by atoms with Crippen molar-refractivity contribution in [2.75, 3.05) is 31.2 Å². The molecule has 0 saturated carbocycles. The molecule has 2 rings (SSSR count). The van der Waals surface area contributed by atoms with Gasteiger partial charge >= 0.3 is 11.9 Å². The Morgan fingerprint density at radius 2 is 1.60 bits per heavy atom. The average Bonchev–Trinajstić information content (AvgIpc) is 3.05. The van der Waals surface area contributed by atoms with Crippen molar-refractivity contribution in [2.24, 2.45) is 10.2 Å². The van der Waals surface area contributed by atoms with Crippen LogP contribution in [0.4, 0.5) is 16.4 Å². The van der Waals surface area contributed by atoms with Gasteiger partial charge in [0.1, 0.15) is 10.4 Å². The fourth-order valence-corrected chi connectivity index (χ4v) is 4.05. The second kappa shape index (κ2) is 10.9. The van der Waals surface area contributed by atoms with E-state index in [1.807, 2.05) is 19.1 Å². The number of hydrogen-bond acceptors (Lipinski definition) is 8. The van der Waals surface area contributed by atoms with Crippen molar-refractivity contribution in [1.29, 1.82) is 0 Å². The molecule has 0 bridgehead atoms. The quantitative estimate of drug-likeness (QED) is 0.360. The second-order valence-corrected chi connectivity index (χ2v) is 7.52. The van der Waals surface area contributed by atoms with E-state index < -0.39 is 11.9 Å². The molecule has 1 heterocycles. The summed E-state index contributed by atoms with van der Waals surface area (Å²) in [6.45, 7) is 13.7. The first kappa shape index (κ1) is 23.5. The average molecular weight is 432 g/mol. The van der Waals surface area contributed by atoms with Crippen LogP contribution in [0.15, 0.2) is 28.4 Å². The molecule has 2 aromatic rings. The molecule has 8 heteroatoms. The second-order valence-electron chi connectivity index (χ2n) is 6.52. The van der Waals surface area contributed by atoms with E-state index in [1.54, 1.807) is 20.8 Å². The van der Waals surface area contributed by atoms with Gasteiger partial charge in [0.05, 0.1) is 18.9 Å². The molecule has 0 saturated heterocycles. The third-order valence-electron chi connectivity index (χ3n) is 4.63. The van der Waals surface area contributed by atoms with E-state index in [1.165, 1.54) is 0 Å². The summed E-state index contributed by atoms with van der Waals surface area (Å²) >= 11 is 1.08. The van der Waals surface area contributed by atoms with Gasteiger partial charge in [0.15, 0.2) is 5.00 Å². The van der Waals surface area contributed by atoms with Gasteiger partial charge in [-0.25, -0.2) is 9.59 Å². The number of azo groups is 1. The number of nitrogens with zero attached hydrogens (tertiary/aromatic N) is 3. The number of ether oxygens (including phenoxy) is 2. The van der Waals surface area contributed by atoms with Crippen molar-refractivity contribution in [3.63, 3.8) is 0 Å². The predicted octanol–water partition coefficient (Wildman–Crippen LogP) is 5.98. The van der Waals surface area contributed by atoms with Crippen LogP contribution in [-0.2, 0) is 9.47 Å². The summed E-state index contributed by atoms with van der Waals surface area (Å²) in [7, 11) is 0. The van der Waals surface area contributed by atoms with Gasteiger partial charge in [-0.2, -0.15) is 0 Å². The van der Waals surface area contributed by atoms with Crippen LogP contribution in [0.2, 0.25) is 0 Å². The van der Waals surface area contributed by atoms with E-state index in [4.69, 9.17) is 9.47 Å². The highest BCUT2D eigenvalue weighted by Crippen LogP contribution is 2.38. The zero-order valence-corrected chi connectivity index (χ0v) is 19.3. The number of aryl methyl sites for hydroxylation is 1. The lowest BCUT2D eigenvalue weighted by atomic mass is 10.1. The van der Waals surface area contributed by atoms with Gasteiger partial charge in [0, 0.05) is 18.8 Å². The van der Waals surface area contributed by atoms with Crippen LogP contribution in [0.3, 0.4) is 0 Å². The number of benzene rings is 1. The van der Waals surface area contributed by atoms with Crippen LogP contribution in [0.5, 0.6) is 0 Å². The van der Waals surface area contributed by atoms with Gasteiger partial charge in [0.25, 0.3) is 0 Å². The Bertz CT molecular complexity index is 933. The Balaban J connectivity index is 2.43. The van der Waals surface area contributed by atoms with Gasteiger partial charge in [-0.05, 0) is 70.9 Å². The number of hydrogen-bond donors (Lipinski definition) is 0. The van der Waals surface area contributed by atoms with E-state index >= 15 is 0 Å². The van der Waals surface area contributed by atoms with Gasteiger partial charge in [-0.3, -0.25) is 0 Å². The van der Waals surface area contributed by atoms with E-state index in [0.29, 0.717) is 21.1 Å². The first-order chi connectivity index (χ1) is 14.4. The van der Waals surface area contributed by atoms with Gasteiger partial charge < -0.3 is 14.4 Å². The monoisotopic (exact) mass is 431 g/mol. The zero-order chi connectivity index (χ0) is 22.3. The highest BCUT2D eigenvalue weighted by Gasteiger charge is 2.26. The summed E-state index contributed by atoms with van der Waals surface area (Å²) in [5, 5.41) is 8.98. The Morgan fingerprint density at radius 1 is 0.967 bits per heavy atom. The van der Waals surface area contributed by atoms with Crippen LogP contribution < -0.4 is 4.90 Å². The molecule has 0 spiro atoms. The molecule has 7 nitrogen and oxygen atoms in total. The minimum atomic E-state index is -0.524. The Kier molecular flexibility index (Phi) is 8.53. The highest BCUT2D eigenvalue weighted by molar-refractivity contribution is 7.18. The lowest BCUT2D eigenvalue weighted by Gasteiger charge is -2.21. The maximum atomic E-state index is 12.5. The molecule has 0 atom stereocenters. The number of anilines is 1. The molecule has 1 aromatic carbocycles. The Labute approximate surface area is 181 Å². The molecule has 0 unspecified atom stereocenters. The summed E-state index contributed by atoms with van der Waals surface area (Å²) in [6.07, 6.45) is 0. The van der Waals surface area contributed by atoms with Crippen molar-refractivity contribution in [3.05, 3.63) is 39.8 Å². The number of carbonyl (C=O) groups is 2. The maximum Gasteiger partial charge on any atom is 0.348 e. The Hall–Kier alpha value is -2.74. The van der Waals surface area contributed by atoms with Crippen molar-refractivity contribution in [3.8, 4) is 0 Å². The predicted molar refractivity (Wildman–Crippen MR) is 120 cm³/mol. The molecule has 1 aromatic heterocycles. The molecule has 0 aliphatic heterocycles. The van der Waals surface area contributed by atoms with Crippen molar-refractivity contribution in [2.45, 2.75) is 41.5 Å². The minimum Gasteiger partial charge on any atom is -0.462 e. The lowest BCUT2D eigenvalue weighted by molar-refractivity contribution is 0.0527. The first-order valence-corrected chi connectivity index (χ1v) is 10.9. The van der Waals surface area contributed by atoms with Crippen molar-refractivity contribution < 1.29 is 19.1 Å². The zero-order valence-electron chi connectivity index (χ0n) is 18.4. The minimum absolute atomic E-state index is 0.228. The van der Waals surface area contributed by atoms with Crippen LogP contribution in [-0.4, -0.2) is 38.2 Å². The largest absolute Gasteiger partial charge is 0.462 e. The van der Waals surface area contributed by atoms with Crippen LogP contribution in [0.25, 0.3) is 0 Å². The van der Waals surface area contributed by atoms with E-state index in [2.05, 4.69) is 35.0 Å². The van der Waals surface area contributed by atoms with Crippen molar-refractivity contribution >= 4 is 39.7 Å². The number of esters is 2. The number of thiophene rings is 1. The van der Waals surface area contributed by atoms with Gasteiger partial charge in [0.2, 0.25) is 0 Å². The van der Waals surface area contributed by atoms with E-state index in [0.717, 1.165) is 35.7 Å². The molecule has 30 heavy (non-hydrogen) atoms. The molecule has 0 aliphatic carbocycles. The maximum absolute atomic E-state index is 12.5. The fourth-order valence-electron chi connectivity index (χ4n) is 3.04. The van der Waals surface area contributed by atoms with E-state index in [-0.39, 0.29) is 18.8 Å². The van der Waals surface area contributed by atoms with Crippen LogP contribution in [0, 0.1) is 13.8 Å². The van der Waals surface area contributed by atoms with Crippen LogP contribution in [0.1, 0.15) is 58.9 Å². The van der Waals surface area contributed by atoms with Gasteiger partial charge in [-0.15, -0.1) is 21.6 Å². The summed E-state index contributed by atoms with van der Waals surface area (Å²) in [5.41, 5.74) is 3.55. The molecule has 0 fully saturated rings. The molecule has 0 aliphatic rings. The summed E-state index contributed by atoms with van der Waals surface area (Å²) in [6, 6.07) is 5.98. The molecule has 0 radical (unpaired) electrons. The van der Waals surface area contributed by atoms with Crippen molar-refractivity contribution in [1.82, 2.24) is 0 Å². The molecular formula is C22H29N3O4S. The summed E-state index contributed by atoms with van der Waals surface area (Å²) in [5.74, 6) is -1.00.